The topological polar surface area (TPSA) is 56.6 Å². The average Bonchev–Trinajstić information content (AvgIpc) is 2.84. The van der Waals surface area contributed by atoms with Crippen LogP contribution in [0.1, 0.15) is 36.9 Å². The number of aryl methyl sites for hydroxylation is 1. The number of aliphatic hydroxyl groups is 2. The molecule has 2 heterocycles. The van der Waals surface area contributed by atoms with Crippen molar-refractivity contribution in [3.63, 3.8) is 0 Å². The maximum absolute atomic E-state index is 9.43. The van der Waals surface area contributed by atoms with E-state index in [1.165, 1.54) is 12.8 Å². The van der Waals surface area contributed by atoms with Gasteiger partial charge in [0.05, 0.1) is 6.61 Å². The van der Waals surface area contributed by atoms with E-state index < -0.39 is 0 Å². The van der Waals surface area contributed by atoms with Crippen LogP contribution in [0.5, 0.6) is 0 Å². The highest BCUT2D eigenvalue weighted by atomic mass is 16.3. The lowest BCUT2D eigenvalue weighted by molar-refractivity contribution is 0.277. The Labute approximate surface area is 108 Å². The number of rotatable bonds is 5. The first-order valence-corrected chi connectivity index (χ1v) is 6.70. The molecule has 0 aromatic carbocycles. The second-order valence-corrected chi connectivity index (χ2v) is 4.97. The van der Waals surface area contributed by atoms with Gasteiger partial charge in [0.2, 0.25) is 0 Å². The molecule has 2 rings (SSSR count). The summed E-state index contributed by atoms with van der Waals surface area (Å²) in [6.07, 6.45) is 5.99. The lowest BCUT2D eigenvalue weighted by Gasteiger charge is -2.28. The molecule has 0 aliphatic carbocycles. The third-order valence-electron chi connectivity index (χ3n) is 3.65. The summed E-state index contributed by atoms with van der Waals surface area (Å²) in [7, 11) is 0. The Morgan fingerprint density at radius 1 is 1.44 bits per heavy atom. The predicted octanol–water partition coefficient (Wildman–Crippen LogP) is 1.62. The highest BCUT2D eigenvalue weighted by Gasteiger charge is 2.25. The van der Waals surface area contributed by atoms with E-state index in [2.05, 4.69) is 16.0 Å². The van der Waals surface area contributed by atoms with Crippen molar-refractivity contribution in [2.45, 2.75) is 45.3 Å². The molecular formula is C14H22N2O2. The van der Waals surface area contributed by atoms with Crippen molar-refractivity contribution in [1.82, 2.24) is 4.98 Å². The molecule has 18 heavy (non-hydrogen) atoms. The maximum atomic E-state index is 9.43. The number of hydrogen-bond donors (Lipinski definition) is 2. The molecule has 1 fully saturated rings. The Kier molecular flexibility index (Phi) is 4.55. The van der Waals surface area contributed by atoms with Crippen LogP contribution in [0.4, 0.5) is 5.69 Å². The van der Waals surface area contributed by atoms with Crippen molar-refractivity contribution in [2.24, 2.45) is 0 Å². The van der Waals surface area contributed by atoms with Gasteiger partial charge in [0.15, 0.2) is 0 Å². The van der Waals surface area contributed by atoms with Gasteiger partial charge in [0.25, 0.3) is 0 Å². The van der Waals surface area contributed by atoms with Gasteiger partial charge in [-0.1, -0.05) is 0 Å². The molecule has 2 N–H and O–H groups in total. The van der Waals surface area contributed by atoms with Gasteiger partial charge >= 0.3 is 0 Å². The van der Waals surface area contributed by atoms with Crippen LogP contribution in [0.25, 0.3) is 0 Å². The number of nitrogens with zero attached hydrogens (tertiary/aromatic N) is 2. The molecule has 1 saturated heterocycles. The van der Waals surface area contributed by atoms with Gasteiger partial charge in [-0.15, -0.1) is 0 Å². The van der Waals surface area contributed by atoms with Gasteiger partial charge in [0.1, 0.15) is 0 Å². The van der Waals surface area contributed by atoms with Gasteiger partial charge in [-0.25, -0.2) is 0 Å². The normalized spacial score (nSPS) is 19.5. The van der Waals surface area contributed by atoms with Gasteiger partial charge in [0, 0.05) is 42.3 Å². The van der Waals surface area contributed by atoms with Crippen molar-refractivity contribution in [2.75, 3.05) is 18.1 Å². The van der Waals surface area contributed by atoms with Crippen LogP contribution in [0.3, 0.4) is 0 Å². The van der Waals surface area contributed by atoms with E-state index in [1.807, 2.05) is 6.92 Å². The van der Waals surface area contributed by atoms with E-state index >= 15 is 0 Å². The van der Waals surface area contributed by atoms with E-state index in [0.29, 0.717) is 6.04 Å². The highest BCUT2D eigenvalue weighted by Crippen LogP contribution is 2.31. The standard InChI is InChI=1S/C14H22N2O2/c1-11-8-14(12(10-18)9-15-11)16-6-2-4-13(16)5-3-7-17/h8-9,13,17-18H,2-7,10H2,1H3. The van der Waals surface area contributed by atoms with Crippen LogP contribution in [0, 0.1) is 6.92 Å². The number of aliphatic hydroxyl groups excluding tert-OH is 2. The van der Waals surface area contributed by atoms with E-state index in [9.17, 15) is 5.11 Å². The molecule has 1 aliphatic heterocycles. The Hall–Kier alpha value is -1.13. The minimum atomic E-state index is 0.0336. The summed E-state index contributed by atoms with van der Waals surface area (Å²) in [5.74, 6) is 0. The zero-order valence-electron chi connectivity index (χ0n) is 11.0. The molecule has 1 aromatic heterocycles. The Morgan fingerprint density at radius 2 is 2.28 bits per heavy atom. The first-order valence-electron chi connectivity index (χ1n) is 6.70. The summed E-state index contributed by atoms with van der Waals surface area (Å²) in [6.45, 7) is 3.30. The highest BCUT2D eigenvalue weighted by molar-refractivity contribution is 5.55. The number of hydrogen-bond acceptors (Lipinski definition) is 4. The zero-order valence-corrected chi connectivity index (χ0v) is 11.0. The second kappa shape index (κ2) is 6.16. The number of anilines is 1. The Balaban J connectivity index is 2.20. The molecule has 0 spiro atoms. The number of aromatic nitrogens is 1. The summed E-state index contributed by atoms with van der Waals surface area (Å²) in [5, 5.41) is 18.4. The monoisotopic (exact) mass is 250 g/mol. The van der Waals surface area contributed by atoms with E-state index in [4.69, 9.17) is 5.11 Å². The van der Waals surface area contributed by atoms with Crippen LogP contribution in [-0.4, -0.2) is 34.4 Å². The second-order valence-electron chi connectivity index (χ2n) is 4.97. The molecule has 0 saturated carbocycles. The van der Waals surface area contributed by atoms with Crippen molar-refractivity contribution in [3.05, 3.63) is 23.5 Å². The van der Waals surface area contributed by atoms with E-state index in [0.717, 1.165) is 36.3 Å². The summed E-state index contributed by atoms with van der Waals surface area (Å²) >= 11 is 0. The minimum absolute atomic E-state index is 0.0336. The molecule has 4 nitrogen and oxygen atoms in total. The molecule has 1 aliphatic rings. The van der Waals surface area contributed by atoms with Crippen LogP contribution in [0.15, 0.2) is 12.3 Å². The molecule has 0 bridgehead atoms. The summed E-state index contributed by atoms with van der Waals surface area (Å²) in [5.41, 5.74) is 3.00. The first-order chi connectivity index (χ1) is 8.76. The fourth-order valence-corrected chi connectivity index (χ4v) is 2.74. The predicted molar refractivity (Wildman–Crippen MR) is 71.6 cm³/mol. The van der Waals surface area contributed by atoms with E-state index in [-0.39, 0.29) is 13.2 Å². The van der Waals surface area contributed by atoms with Gasteiger partial charge < -0.3 is 15.1 Å². The smallest absolute Gasteiger partial charge is 0.0717 e. The summed E-state index contributed by atoms with van der Waals surface area (Å²) < 4.78 is 0. The SMILES string of the molecule is Cc1cc(N2CCCC2CCCO)c(CO)cn1. The van der Waals surface area contributed by atoms with Crippen LogP contribution < -0.4 is 4.90 Å². The molecule has 1 atom stereocenters. The molecule has 100 valence electrons. The lowest BCUT2D eigenvalue weighted by atomic mass is 10.1. The Bertz CT molecular complexity index is 395. The van der Waals surface area contributed by atoms with Gasteiger partial charge in [-0.05, 0) is 38.7 Å². The first kappa shape index (κ1) is 13.3. The largest absolute Gasteiger partial charge is 0.396 e. The van der Waals surface area contributed by atoms with Crippen LogP contribution in [-0.2, 0) is 6.61 Å². The number of pyridine rings is 1. The average molecular weight is 250 g/mol. The third-order valence-corrected chi connectivity index (χ3v) is 3.65. The zero-order chi connectivity index (χ0) is 13.0. The quantitative estimate of drug-likeness (QED) is 0.834. The molecule has 4 heteroatoms. The molecule has 1 aromatic rings. The maximum Gasteiger partial charge on any atom is 0.0717 e. The fraction of sp³-hybridized carbons (Fsp3) is 0.643. The Morgan fingerprint density at radius 3 is 3.00 bits per heavy atom. The van der Waals surface area contributed by atoms with Crippen LogP contribution in [0.2, 0.25) is 0 Å². The third kappa shape index (κ3) is 2.82. The summed E-state index contributed by atoms with van der Waals surface area (Å²) in [6, 6.07) is 2.55. The minimum Gasteiger partial charge on any atom is -0.396 e. The lowest BCUT2D eigenvalue weighted by Crippen LogP contribution is -2.30. The van der Waals surface area contributed by atoms with Crippen molar-refractivity contribution in [3.8, 4) is 0 Å². The van der Waals surface area contributed by atoms with Crippen LogP contribution >= 0.6 is 0 Å². The fourth-order valence-electron chi connectivity index (χ4n) is 2.74. The van der Waals surface area contributed by atoms with E-state index in [1.54, 1.807) is 6.20 Å². The molecule has 0 amide bonds. The molecular weight excluding hydrogens is 228 g/mol. The summed E-state index contributed by atoms with van der Waals surface area (Å²) in [4.78, 5) is 6.61. The van der Waals surface area contributed by atoms with Gasteiger partial charge in [-0.3, -0.25) is 4.98 Å². The molecule has 0 radical (unpaired) electrons. The van der Waals surface area contributed by atoms with Crippen molar-refractivity contribution >= 4 is 5.69 Å². The van der Waals surface area contributed by atoms with Crippen molar-refractivity contribution in [1.29, 1.82) is 0 Å². The van der Waals surface area contributed by atoms with Crippen molar-refractivity contribution < 1.29 is 10.2 Å². The molecule has 1 unspecified atom stereocenters. The van der Waals surface area contributed by atoms with Gasteiger partial charge in [-0.2, -0.15) is 0 Å².